The monoisotopic (exact) mass is 286 g/mol. The second-order valence-electron chi connectivity index (χ2n) is 3.72. The Bertz CT molecular complexity index is 382. The average Bonchev–Trinajstić information content (AvgIpc) is 2.15. The Morgan fingerprint density at radius 2 is 2.31 bits per heavy atom. The summed E-state index contributed by atoms with van der Waals surface area (Å²) in [6.07, 6.45) is -0.0313. The number of benzene rings is 1. The van der Waals surface area contributed by atoms with Crippen LogP contribution in [0.3, 0.4) is 0 Å². The number of halogens is 1. The van der Waals surface area contributed by atoms with Crippen LogP contribution < -0.4 is 11.1 Å². The summed E-state index contributed by atoms with van der Waals surface area (Å²) >= 11 is 3.43. The van der Waals surface area contributed by atoms with Crippen molar-refractivity contribution in [3.8, 4) is 0 Å². The summed E-state index contributed by atoms with van der Waals surface area (Å²) in [5, 5.41) is 11.7. The number of carboxylic acid groups (broad SMARTS) is 1. The van der Waals surface area contributed by atoms with Crippen molar-refractivity contribution in [3.05, 3.63) is 28.2 Å². The molecule has 0 radical (unpaired) electrons. The van der Waals surface area contributed by atoms with Gasteiger partial charge in [0.25, 0.3) is 0 Å². The molecule has 5 heteroatoms. The quantitative estimate of drug-likeness (QED) is 0.774. The smallest absolute Gasteiger partial charge is 0.304 e. The Morgan fingerprint density at radius 3 is 2.88 bits per heavy atom. The van der Waals surface area contributed by atoms with Crippen molar-refractivity contribution in [1.82, 2.24) is 0 Å². The Labute approximate surface area is 103 Å². The van der Waals surface area contributed by atoms with E-state index in [0.29, 0.717) is 6.54 Å². The molecule has 1 aromatic rings. The fourth-order valence-corrected chi connectivity index (χ4v) is 1.93. The third kappa shape index (κ3) is 4.20. The van der Waals surface area contributed by atoms with Gasteiger partial charge in [-0.05, 0) is 40.5 Å². The number of aryl methyl sites for hydroxylation is 1. The molecule has 1 unspecified atom stereocenters. The van der Waals surface area contributed by atoms with Crippen LogP contribution in [-0.2, 0) is 4.79 Å². The maximum atomic E-state index is 10.4. The summed E-state index contributed by atoms with van der Waals surface area (Å²) in [5.41, 5.74) is 7.73. The van der Waals surface area contributed by atoms with Crippen LogP contribution in [0.15, 0.2) is 22.7 Å². The lowest BCUT2D eigenvalue weighted by molar-refractivity contribution is -0.137. The highest BCUT2D eigenvalue weighted by Crippen LogP contribution is 2.23. The van der Waals surface area contributed by atoms with Crippen molar-refractivity contribution in [3.63, 3.8) is 0 Å². The molecule has 0 heterocycles. The molecule has 0 aromatic heterocycles. The van der Waals surface area contributed by atoms with E-state index in [4.69, 9.17) is 10.8 Å². The second-order valence-corrected chi connectivity index (χ2v) is 4.58. The molecule has 0 spiro atoms. The van der Waals surface area contributed by atoms with Crippen LogP contribution >= 0.6 is 15.9 Å². The zero-order chi connectivity index (χ0) is 12.1. The van der Waals surface area contributed by atoms with Gasteiger partial charge in [0.15, 0.2) is 0 Å². The van der Waals surface area contributed by atoms with Crippen LogP contribution in [-0.4, -0.2) is 23.7 Å². The first-order valence-electron chi connectivity index (χ1n) is 4.96. The lowest BCUT2D eigenvalue weighted by Gasteiger charge is -2.13. The fraction of sp³-hybridized carbons (Fsp3) is 0.364. The van der Waals surface area contributed by atoms with Crippen LogP contribution in [0, 0.1) is 6.92 Å². The van der Waals surface area contributed by atoms with Gasteiger partial charge >= 0.3 is 5.97 Å². The van der Waals surface area contributed by atoms with Gasteiger partial charge in [0.05, 0.1) is 6.42 Å². The number of anilines is 1. The lowest BCUT2D eigenvalue weighted by Crippen LogP contribution is -2.31. The van der Waals surface area contributed by atoms with E-state index in [1.807, 2.05) is 25.1 Å². The molecule has 1 atom stereocenters. The number of rotatable bonds is 5. The first-order chi connectivity index (χ1) is 7.49. The predicted molar refractivity (Wildman–Crippen MR) is 67.6 cm³/mol. The molecule has 0 saturated carbocycles. The van der Waals surface area contributed by atoms with Gasteiger partial charge in [-0.15, -0.1) is 0 Å². The summed E-state index contributed by atoms with van der Waals surface area (Å²) in [7, 11) is 0. The largest absolute Gasteiger partial charge is 0.481 e. The molecule has 4 N–H and O–H groups in total. The Morgan fingerprint density at radius 1 is 1.62 bits per heavy atom. The molecular formula is C11H15BrN2O2. The summed E-state index contributed by atoms with van der Waals surface area (Å²) in [4.78, 5) is 10.4. The molecule has 0 aliphatic carbocycles. The molecule has 0 fully saturated rings. The summed E-state index contributed by atoms with van der Waals surface area (Å²) in [6.45, 7) is 2.44. The van der Waals surface area contributed by atoms with Crippen LogP contribution in [0.5, 0.6) is 0 Å². The SMILES string of the molecule is Cc1ccc(NCC(N)CC(=O)O)c(Br)c1. The standard InChI is InChI=1S/C11H15BrN2O2/c1-7-2-3-10(9(12)4-7)14-6-8(13)5-11(15)16/h2-4,8,14H,5-6,13H2,1H3,(H,15,16). The highest BCUT2D eigenvalue weighted by molar-refractivity contribution is 9.10. The minimum Gasteiger partial charge on any atom is -0.481 e. The minimum atomic E-state index is -0.878. The molecule has 0 saturated heterocycles. The van der Waals surface area contributed by atoms with Crippen molar-refractivity contribution in [1.29, 1.82) is 0 Å². The second kappa shape index (κ2) is 5.86. The Balaban J connectivity index is 2.51. The number of aliphatic carboxylic acids is 1. The third-order valence-corrected chi connectivity index (χ3v) is 2.77. The van der Waals surface area contributed by atoms with Crippen LogP contribution in [0.1, 0.15) is 12.0 Å². The van der Waals surface area contributed by atoms with Crippen molar-refractivity contribution in [2.24, 2.45) is 5.73 Å². The molecule has 1 rings (SSSR count). The number of hydrogen-bond acceptors (Lipinski definition) is 3. The molecule has 0 bridgehead atoms. The number of carboxylic acids is 1. The fourth-order valence-electron chi connectivity index (χ4n) is 1.30. The van der Waals surface area contributed by atoms with Gasteiger partial charge in [-0.3, -0.25) is 4.79 Å². The molecule has 0 aliphatic rings. The van der Waals surface area contributed by atoms with Crippen LogP contribution in [0.25, 0.3) is 0 Å². The van der Waals surface area contributed by atoms with Gasteiger partial charge in [0.2, 0.25) is 0 Å². The molecular weight excluding hydrogens is 272 g/mol. The highest BCUT2D eigenvalue weighted by atomic mass is 79.9. The van der Waals surface area contributed by atoms with Gasteiger partial charge in [0.1, 0.15) is 0 Å². The van der Waals surface area contributed by atoms with E-state index in [1.165, 1.54) is 0 Å². The van der Waals surface area contributed by atoms with E-state index in [9.17, 15) is 4.79 Å². The maximum Gasteiger partial charge on any atom is 0.304 e. The number of carbonyl (C=O) groups is 1. The van der Waals surface area contributed by atoms with E-state index in [-0.39, 0.29) is 12.5 Å². The zero-order valence-electron chi connectivity index (χ0n) is 9.03. The van der Waals surface area contributed by atoms with Crippen molar-refractivity contribution in [2.75, 3.05) is 11.9 Å². The molecule has 4 nitrogen and oxygen atoms in total. The summed E-state index contributed by atoms with van der Waals surface area (Å²) in [5.74, 6) is -0.878. The molecule has 16 heavy (non-hydrogen) atoms. The minimum absolute atomic E-state index is 0.0313. The van der Waals surface area contributed by atoms with Gasteiger partial charge in [-0.1, -0.05) is 6.07 Å². The van der Waals surface area contributed by atoms with E-state index in [2.05, 4.69) is 21.2 Å². The molecule has 0 amide bonds. The summed E-state index contributed by atoms with van der Waals surface area (Å²) in [6, 6.07) is 5.53. The van der Waals surface area contributed by atoms with E-state index >= 15 is 0 Å². The normalized spacial score (nSPS) is 12.2. The topological polar surface area (TPSA) is 75.3 Å². The Kier molecular flexibility index (Phi) is 4.76. The summed E-state index contributed by atoms with van der Waals surface area (Å²) < 4.78 is 0.954. The van der Waals surface area contributed by atoms with E-state index in [0.717, 1.165) is 15.7 Å². The van der Waals surface area contributed by atoms with Crippen molar-refractivity contribution in [2.45, 2.75) is 19.4 Å². The number of nitrogens with two attached hydrogens (primary N) is 1. The van der Waals surface area contributed by atoms with Gasteiger partial charge in [-0.25, -0.2) is 0 Å². The Hall–Kier alpha value is -1.07. The number of hydrogen-bond donors (Lipinski definition) is 3. The molecule has 0 aliphatic heterocycles. The zero-order valence-corrected chi connectivity index (χ0v) is 10.6. The van der Waals surface area contributed by atoms with Crippen molar-refractivity contribution < 1.29 is 9.90 Å². The van der Waals surface area contributed by atoms with Crippen LogP contribution in [0.2, 0.25) is 0 Å². The molecule has 1 aromatic carbocycles. The first kappa shape index (κ1) is 13.0. The van der Waals surface area contributed by atoms with E-state index < -0.39 is 5.97 Å². The van der Waals surface area contributed by atoms with Gasteiger partial charge < -0.3 is 16.2 Å². The van der Waals surface area contributed by atoms with Gasteiger partial charge in [-0.2, -0.15) is 0 Å². The average molecular weight is 287 g/mol. The molecule has 88 valence electrons. The van der Waals surface area contributed by atoms with E-state index in [1.54, 1.807) is 0 Å². The van der Waals surface area contributed by atoms with Crippen molar-refractivity contribution >= 4 is 27.6 Å². The first-order valence-corrected chi connectivity index (χ1v) is 5.75. The highest BCUT2D eigenvalue weighted by Gasteiger charge is 2.08. The third-order valence-electron chi connectivity index (χ3n) is 2.12. The maximum absolute atomic E-state index is 10.4. The van der Waals surface area contributed by atoms with Gasteiger partial charge in [0, 0.05) is 22.7 Å². The lowest BCUT2D eigenvalue weighted by atomic mass is 10.2. The van der Waals surface area contributed by atoms with Crippen LogP contribution in [0.4, 0.5) is 5.69 Å². The predicted octanol–water partition coefficient (Wildman–Crippen LogP) is 1.97. The number of nitrogens with one attached hydrogen (secondary N) is 1.